The van der Waals surface area contributed by atoms with E-state index in [9.17, 15) is 57.3 Å². The third kappa shape index (κ3) is 13.1. The number of nitrogens with zero attached hydrogens (tertiary/aromatic N) is 7. The second-order valence-corrected chi connectivity index (χ2v) is 20.9. The number of anilines is 2. The Balaban J connectivity index is 0.000000235. The fourth-order valence-corrected chi connectivity index (χ4v) is 11.4. The molecular weight excluding hydrogens is 982 g/mol. The van der Waals surface area contributed by atoms with Gasteiger partial charge in [0.2, 0.25) is 5.95 Å². The lowest BCUT2D eigenvalue weighted by atomic mass is 10.1. The highest BCUT2D eigenvalue weighted by molar-refractivity contribution is 7.67. The number of aliphatic hydroxyl groups is 3. The van der Waals surface area contributed by atoms with Crippen molar-refractivity contribution < 1.29 is 118 Å². The van der Waals surface area contributed by atoms with Crippen LogP contribution >= 0.6 is 46.9 Å². The minimum Gasteiger partial charge on any atom is -0.390 e. The van der Waals surface area contributed by atoms with Crippen molar-refractivity contribution >= 4 is 81.0 Å². The first-order valence-electron chi connectivity index (χ1n) is 15.9. The summed E-state index contributed by atoms with van der Waals surface area (Å²) in [5.74, 6) is -0.280. The van der Waals surface area contributed by atoms with Gasteiger partial charge in [0.05, 0.1) is 38.3 Å². The number of aromatic nitrogens is 8. The average molecular weight is 1010 g/mol. The molecule has 16 N–H and O–H groups in total. The number of hydrogen-bond acceptors (Lipinski definition) is 25. The van der Waals surface area contributed by atoms with Crippen molar-refractivity contribution in [2.24, 2.45) is 0 Å². The smallest absolute Gasteiger partial charge is 0.390 e. The summed E-state index contributed by atoms with van der Waals surface area (Å²) < 4.78 is 104. The molecular formula is C20H32N10O26P6. The lowest BCUT2D eigenvalue weighted by Gasteiger charge is -2.19. The second-order valence-electron chi connectivity index (χ2n) is 12.1. The van der Waals surface area contributed by atoms with Crippen molar-refractivity contribution in [1.82, 2.24) is 39.0 Å². The summed E-state index contributed by atoms with van der Waals surface area (Å²) in [5.41, 5.74) is 11.1. The van der Waals surface area contributed by atoms with Crippen LogP contribution in [0.4, 0.5) is 11.8 Å². The van der Waals surface area contributed by atoms with Gasteiger partial charge in [0.25, 0.3) is 5.56 Å². The van der Waals surface area contributed by atoms with Crippen LogP contribution in [0.25, 0.3) is 22.3 Å². The van der Waals surface area contributed by atoms with Crippen molar-refractivity contribution in [3.63, 3.8) is 0 Å². The van der Waals surface area contributed by atoms with Crippen LogP contribution in [0, 0.1) is 0 Å². The van der Waals surface area contributed by atoms with E-state index in [0.29, 0.717) is 0 Å². The number of aliphatic hydroxyl groups excluding tert-OH is 3. The van der Waals surface area contributed by atoms with E-state index >= 15 is 0 Å². The highest BCUT2D eigenvalue weighted by Gasteiger charge is 2.47. The molecule has 36 nitrogen and oxygen atoms in total. The quantitative estimate of drug-likeness (QED) is 0.0499. The van der Waals surface area contributed by atoms with Crippen LogP contribution in [-0.2, 0) is 63.2 Å². The number of H-pyrrole nitrogens is 1. The summed E-state index contributed by atoms with van der Waals surface area (Å²) in [7, 11) is -33.3. The fraction of sp³-hybridized carbons (Fsp3) is 0.500. The fourth-order valence-electron chi connectivity index (χ4n) is 5.29. The Hall–Kier alpha value is -2.88. The first-order chi connectivity index (χ1) is 28.3. The number of phosphoric ester groups is 2. The molecule has 4 unspecified atom stereocenters. The van der Waals surface area contributed by atoms with Crippen molar-refractivity contribution in [1.29, 1.82) is 0 Å². The number of fused-ring (bicyclic) bond motifs is 2. The zero-order valence-electron chi connectivity index (χ0n) is 29.9. The molecule has 0 bridgehead atoms. The molecule has 0 aromatic carbocycles. The van der Waals surface area contributed by atoms with Gasteiger partial charge in [-0.25, -0.2) is 42.3 Å². The number of imidazole rings is 2. The Morgan fingerprint density at radius 1 is 0.677 bits per heavy atom. The van der Waals surface area contributed by atoms with E-state index in [2.05, 4.69) is 56.2 Å². The molecule has 6 heterocycles. The van der Waals surface area contributed by atoms with E-state index < -0.39 is 109 Å². The van der Waals surface area contributed by atoms with E-state index in [0.717, 1.165) is 17.2 Å². The molecule has 62 heavy (non-hydrogen) atoms. The molecule has 2 fully saturated rings. The van der Waals surface area contributed by atoms with Gasteiger partial charge < -0.3 is 80.4 Å². The molecule has 0 saturated carbocycles. The third-order valence-corrected chi connectivity index (χ3v) is 15.2. The maximum atomic E-state index is 11.8. The van der Waals surface area contributed by atoms with Crippen molar-refractivity contribution in [2.45, 2.75) is 49.4 Å². The maximum absolute atomic E-state index is 11.8. The molecule has 4 aromatic heterocycles. The predicted molar refractivity (Wildman–Crippen MR) is 192 cm³/mol. The van der Waals surface area contributed by atoms with Crippen LogP contribution in [-0.4, -0.2) is 137 Å². The number of ether oxygens (including phenoxy) is 2. The van der Waals surface area contributed by atoms with Gasteiger partial charge in [0, 0.05) is 6.42 Å². The Morgan fingerprint density at radius 3 is 1.77 bits per heavy atom. The summed E-state index contributed by atoms with van der Waals surface area (Å²) in [6, 6.07) is 0. The molecule has 11 atom stereocenters. The topological polar surface area (TPSA) is 558 Å². The van der Waals surface area contributed by atoms with E-state index in [4.69, 9.17) is 50.3 Å². The number of nitrogens with one attached hydrogen (secondary N) is 1. The highest BCUT2D eigenvalue weighted by Crippen LogP contribution is 2.67. The predicted octanol–water partition coefficient (Wildman–Crippen LogP) is -2.94. The Labute approximate surface area is 340 Å². The molecule has 0 amide bonds. The van der Waals surface area contributed by atoms with Gasteiger partial charge in [-0.05, 0) is 0 Å². The van der Waals surface area contributed by atoms with Gasteiger partial charge in [0.1, 0.15) is 36.2 Å². The van der Waals surface area contributed by atoms with Crippen LogP contribution in [0.2, 0.25) is 0 Å². The van der Waals surface area contributed by atoms with Crippen molar-refractivity contribution in [3.8, 4) is 0 Å². The SMILES string of the molecule is Nc1nc(N)c2ncn([C@@H]3O[C@H](COP(=O)(O)OP(=O)(O)OP(=O)(O)O)[C@@H](O)[C@H]3O)c2n1.O=c1[nH]cnc2c1ncn2[C@H]1C[C@H](O)[C@@H](COP(=O)(O)OP(=O)(O)OP(=O)(O)O)O1. The summed E-state index contributed by atoms with van der Waals surface area (Å²) >= 11 is 0. The number of aromatic amines is 1. The van der Waals surface area contributed by atoms with Gasteiger partial charge in [-0.15, -0.1) is 0 Å². The molecule has 2 saturated heterocycles. The van der Waals surface area contributed by atoms with E-state index in [-0.39, 0.29) is 40.5 Å². The Morgan fingerprint density at radius 2 is 1.21 bits per heavy atom. The first kappa shape index (κ1) is 50.1. The summed E-state index contributed by atoms with van der Waals surface area (Å²) in [4.78, 5) is 105. The maximum Gasteiger partial charge on any atom is 0.490 e. The van der Waals surface area contributed by atoms with E-state index in [1.54, 1.807) is 0 Å². The molecule has 348 valence electrons. The zero-order chi connectivity index (χ0) is 46.4. The monoisotopic (exact) mass is 1010 g/mol. The molecule has 0 radical (unpaired) electrons. The molecule has 0 spiro atoms. The summed E-state index contributed by atoms with van der Waals surface area (Å²) in [6.45, 7) is -1.80. The van der Waals surface area contributed by atoms with Crippen LogP contribution in [0.3, 0.4) is 0 Å². The highest BCUT2D eigenvalue weighted by atomic mass is 31.3. The Bertz CT molecular complexity index is 2630. The van der Waals surface area contributed by atoms with Gasteiger partial charge in [-0.3, -0.25) is 23.0 Å². The number of phosphoric acid groups is 6. The standard InChI is InChI=1S/C10H17N6O13P3.C10H15N4O13P3/c11-7-4-8(15-10(12)14-7)16(2-13-4)9-6(18)5(17)3(27-9)1-26-31(22,23)29-32(24,25)28-30(19,20)21;15-5-1-7(14-4-13-8-9(14)11-3-12-10(8)16)25-6(5)2-24-29(20,21)27-30(22,23)26-28(17,18)19/h2-3,5-6,9,17-18H,1H2,(H,22,23)(H,24,25)(H2,19,20,21)(H4,11,12,14,15);3-7,15H,1-2H2,(H,20,21)(H,22,23)(H,11,12,16)(H2,17,18,19)/t3-,5-,6-,9-;5-,6+,7+/m10/s1. The molecule has 4 aromatic rings. The van der Waals surface area contributed by atoms with Crippen molar-refractivity contribution in [2.75, 3.05) is 24.7 Å². The largest absolute Gasteiger partial charge is 0.490 e. The number of hydrogen-bond donors (Lipinski definition) is 14. The van der Waals surface area contributed by atoms with Crippen LogP contribution in [0.5, 0.6) is 0 Å². The molecule has 42 heteroatoms. The van der Waals surface area contributed by atoms with Crippen LogP contribution < -0.4 is 17.0 Å². The second kappa shape index (κ2) is 18.5. The van der Waals surface area contributed by atoms with Crippen molar-refractivity contribution in [3.05, 3.63) is 29.3 Å². The number of nitrogen functional groups attached to an aromatic ring is 2. The van der Waals surface area contributed by atoms with Gasteiger partial charge >= 0.3 is 46.9 Å². The van der Waals surface area contributed by atoms with Gasteiger partial charge in [0.15, 0.2) is 28.9 Å². The average Bonchev–Trinajstić information content (AvgIpc) is 3.86. The van der Waals surface area contributed by atoms with Crippen LogP contribution in [0.1, 0.15) is 18.9 Å². The van der Waals surface area contributed by atoms with Gasteiger partial charge in [-0.2, -0.15) is 27.2 Å². The first-order valence-corrected chi connectivity index (χ1v) is 25.0. The third-order valence-electron chi connectivity index (χ3n) is 7.59. The summed E-state index contributed by atoms with van der Waals surface area (Å²) in [6.07, 6.45) is -6.04. The molecule has 2 aliphatic rings. The van der Waals surface area contributed by atoms with E-state index in [1.165, 1.54) is 10.9 Å². The minimum absolute atomic E-state index is 0.0207. The molecule has 2 aliphatic heterocycles. The van der Waals surface area contributed by atoms with Gasteiger partial charge in [-0.1, -0.05) is 0 Å². The zero-order valence-corrected chi connectivity index (χ0v) is 35.3. The molecule has 0 aliphatic carbocycles. The van der Waals surface area contributed by atoms with E-state index in [1.807, 2.05) is 0 Å². The number of rotatable bonds is 16. The minimum atomic E-state index is -5.72. The lowest BCUT2D eigenvalue weighted by Crippen LogP contribution is -2.33. The molecule has 6 rings (SSSR count). The Kier molecular flexibility index (Phi) is 15.0. The normalized spacial score (nSPS) is 27.2. The summed E-state index contributed by atoms with van der Waals surface area (Å²) in [5, 5.41) is 30.6. The lowest BCUT2D eigenvalue weighted by molar-refractivity contribution is -0.0503. The van der Waals surface area contributed by atoms with Crippen LogP contribution in [0.15, 0.2) is 23.8 Å². The number of nitrogens with two attached hydrogens (primary N) is 2.